The molecule has 0 bridgehead atoms. The number of carboxylic acid groups (broad SMARTS) is 1. The van der Waals surface area contributed by atoms with Crippen LogP contribution in [-0.4, -0.2) is 90.8 Å². The maximum Gasteiger partial charge on any atom is 0.457 e. The molecule has 0 spiro atoms. The molecule has 2 unspecified atom stereocenters. The maximum atomic E-state index is 12.1. The van der Waals surface area contributed by atoms with Gasteiger partial charge in [0.15, 0.2) is 0 Å². The summed E-state index contributed by atoms with van der Waals surface area (Å²) in [6.45, 7) is 18.9. The van der Waals surface area contributed by atoms with Gasteiger partial charge in [0.1, 0.15) is 12.6 Å². The molecule has 2 fully saturated rings. The molecule has 2 heterocycles. The molecule has 0 radical (unpaired) electrons. The Kier molecular flexibility index (Phi) is 20.0. The summed E-state index contributed by atoms with van der Waals surface area (Å²) in [6, 6.07) is -1.48. The lowest BCUT2D eigenvalue weighted by atomic mass is 9.82. The molecule has 13 heteroatoms. The van der Waals surface area contributed by atoms with Crippen molar-refractivity contribution >= 4 is 31.2 Å². The monoisotopic (exact) mass is 615 g/mol. The number of carbonyl (C=O) groups is 4. The topological polar surface area (TPSA) is 153 Å². The van der Waals surface area contributed by atoms with Crippen molar-refractivity contribution < 1.29 is 43.1 Å². The van der Waals surface area contributed by atoms with Crippen LogP contribution < -0.4 is 10.6 Å². The number of aliphatic carboxylic acids is 1. The van der Waals surface area contributed by atoms with Crippen LogP contribution in [-0.2, 0) is 28.4 Å². The molecule has 0 aromatic carbocycles. The van der Waals surface area contributed by atoms with Crippen molar-refractivity contribution in [1.82, 2.24) is 15.5 Å². The fourth-order valence-electron chi connectivity index (χ4n) is 4.18. The Morgan fingerprint density at radius 3 is 1.95 bits per heavy atom. The fourth-order valence-corrected chi connectivity index (χ4v) is 4.18. The molecular formula is C30H58BN3O9. The number of alkyl carbamates (subject to hydrolysis) is 1. The lowest BCUT2D eigenvalue weighted by Crippen LogP contribution is -2.55. The van der Waals surface area contributed by atoms with E-state index in [1.165, 1.54) is 17.7 Å². The zero-order valence-corrected chi connectivity index (χ0v) is 28.1. The van der Waals surface area contributed by atoms with E-state index in [-0.39, 0.29) is 51.0 Å². The van der Waals surface area contributed by atoms with Gasteiger partial charge in [0.2, 0.25) is 5.91 Å². The Bertz CT molecular complexity index is 826. The van der Waals surface area contributed by atoms with Crippen LogP contribution in [0.2, 0.25) is 6.32 Å². The highest BCUT2D eigenvalue weighted by Crippen LogP contribution is 2.38. The first-order valence-corrected chi connectivity index (χ1v) is 16.0. The van der Waals surface area contributed by atoms with E-state index in [2.05, 4.69) is 45.3 Å². The number of amides is 3. The summed E-state index contributed by atoms with van der Waals surface area (Å²) in [7, 11) is 0.00458. The lowest BCUT2D eigenvalue weighted by Gasteiger charge is -2.36. The first kappa shape index (κ1) is 40.5. The van der Waals surface area contributed by atoms with Gasteiger partial charge in [-0.15, -0.1) is 0 Å². The van der Waals surface area contributed by atoms with Gasteiger partial charge in [-0.1, -0.05) is 60.3 Å². The van der Waals surface area contributed by atoms with E-state index in [0.29, 0.717) is 12.8 Å². The van der Waals surface area contributed by atoms with Crippen molar-refractivity contribution in [2.45, 2.75) is 143 Å². The van der Waals surface area contributed by atoms with E-state index in [9.17, 15) is 24.3 Å². The summed E-state index contributed by atoms with van der Waals surface area (Å²) in [6.07, 6.45) is 5.76. The molecule has 2 atom stereocenters. The fraction of sp³-hybridized carbons (Fsp3) is 0.867. The van der Waals surface area contributed by atoms with E-state index < -0.39 is 36.1 Å². The summed E-state index contributed by atoms with van der Waals surface area (Å²) in [5.74, 6) is -1.59. The Labute approximate surface area is 259 Å². The Morgan fingerprint density at radius 1 is 0.907 bits per heavy atom. The van der Waals surface area contributed by atoms with E-state index in [1.54, 1.807) is 0 Å². The average molecular weight is 616 g/mol. The second kappa shape index (κ2) is 21.2. The van der Waals surface area contributed by atoms with Gasteiger partial charge in [-0.05, 0) is 59.7 Å². The molecule has 43 heavy (non-hydrogen) atoms. The molecule has 250 valence electrons. The standard InChI is InChI=1S/C18H31N3O7.C10H21BO2.C2H6/c1-3-5-9-27-17(25)19-12-15(22)20-13-7-8-21(14(11-13)16(23)24)18(26)28-10-6-4-2;1-6-7-8-11-12-9(2,3)10(4,5)13-11;1-2/h13-14H,3-12H2,1-2H3,(H,19,25)(H,20,22)(H,23,24);6-8H2,1-5H3;1-2H3. The second-order valence-electron chi connectivity index (χ2n) is 11.5. The third-order valence-electron chi connectivity index (χ3n) is 7.43. The summed E-state index contributed by atoms with van der Waals surface area (Å²) in [5, 5.41) is 14.5. The zero-order valence-electron chi connectivity index (χ0n) is 28.1. The number of unbranched alkanes of at least 4 members (excludes halogenated alkanes) is 3. The summed E-state index contributed by atoms with van der Waals surface area (Å²) >= 11 is 0. The number of carboxylic acids is 1. The summed E-state index contributed by atoms with van der Waals surface area (Å²) in [5.41, 5.74) is -0.323. The second-order valence-corrected chi connectivity index (χ2v) is 11.5. The minimum absolute atomic E-state index is 0.00458. The van der Waals surface area contributed by atoms with Crippen LogP contribution in [0.15, 0.2) is 0 Å². The van der Waals surface area contributed by atoms with Crippen molar-refractivity contribution in [3.63, 3.8) is 0 Å². The van der Waals surface area contributed by atoms with Gasteiger partial charge < -0.3 is 34.5 Å². The number of rotatable bonds is 13. The summed E-state index contributed by atoms with van der Waals surface area (Å²) < 4.78 is 21.7. The van der Waals surface area contributed by atoms with Crippen molar-refractivity contribution in [1.29, 1.82) is 0 Å². The quantitative estimate of drug-likeness (QED) is 0.183. The van der Waals surface area contributed by atoms with E-state index in [1.807, 2.05) is 27.7 Å². The van der Waals surface area contributed by atoms with E-state index in [0.717, 1.165) is 25.6 Å². The molecule has 0 aliphatic carbocycles. The number of nitrogens with zero attached hydrogens (tertiary/aromatic N) is 1. The first-order chi connectivity index (χ1) is 20.3. The molecule has 3 amide bonds. The van der Waals surface area contributed by atoms with Gasteiger partial charge in [0, 0.05) is 12.6 Å². The third kappa shape index (κ3) is 15.2. The zero-order chi connectivity index (χ0) is 33.1. The highest BCUT2D eigenvalue weighted by atomic mass is 16.7. The number of likely N-dealkylation sites (tertiary alicyclic amines) is 1. The van der Waals surface area contributed by atoms with Crippen LogP contribution in [0.3, 0.4) is 0 Å². The molecule has 0 saturated carbocycles. The van der Waals surface area contributed by atoms with Gasteiger partial charge in [-0.25, -0.2) is 14.4 Å². The van der Waals surface area contributed by atoms with Gasteiger partial charge in [0.05, 0.1) is 24.4 Å². The van der Waals surface area contributed by atoms with E-state index >= 15 is 0 Å². The Morgan fingerprint density at radius 2 is 1.44 bits per heavy atom. The Balaban J connectivity index is 0.000000976. The molecule has 2 rings (SSSR count). The first-order valence-electron chi connectivity index (χ1n) is 16.0. The molecule has 12 nitrogen and oxygen atoms in total. The van der Waals surface area contributed by atoms with Crippen LogP contribution >= 0.6 is 0 Å². The van der Waals surface area contributed by atoms with Crippen LogP contribution in [0.4, 0.5) is 9.59 Å². The highest BCUT2D eigenvalue weighted by Gasteiger charge is 2.50. The molecule has 0 aromatic heterocycles. The molecule has 2 aliphatic heterocycles. The van der Waals surface area contributed by atoms with Crippen molar-refractivity contribution in [2.75, 3.05) is 26.3 Å². The highest BCUT2D eigenvalue weighted by molar-refractivity contribution is 6.45. The molecule has 2 saturated heterocycles. The van der Waals surface area contributed by atoms with Crippen LogP contribution in [0.1, 0.15) is 114 Å². The largest absolute Gasteiger partial charge is 0.480 e. The number of carbonyl (C=O) groups excluding carboxylic acids is 3. The Hall–Kier alpha value is -2.54. The van der Waals surface area contributed by atoms with Gasteiger partial charge in [0.25, 0.3) is 0 Å². The van der Waals surface area contributed by atoms with Crippen LogP contribution in [0.25, 0.3) is 0 Å². The van der Waals surface area contributed by atoms with Crippen molar-refractivity contribution in [2.24, 2.45) is 0 Å². The summed E-state index contributed by atoms with van der Waals surface area (Å²) in [4.78, 5) is 48.2. The number of hydrogen-bond donors (Lipinski definition) is 3. The number of hydrogen-bond acceptors (Lipinski definition) is 8. The van der Waals surface area contributed by atoms with Gasteiger partial charge in [-0.3, -0.25) is 9.69 Å². The van der Waals surface area contributed by atoms with Crippen LogP contribution in [0, 0.1) is 0 Å². The average Bonchev–Trinajstić information content (AvgIpc) is 3.17. The molecule has 3 N–H and O–H groups in total. The number of nitrogens with one attached hydrogen (secondary N) is 2. The smallest absolute Gasteiger partial charge is 0.457 e. The minimum Gasteiger partial charge on any atom is -0.480 e. The molecular weight excluding hydrogens is 557 g/mol. The van der Waals surface area contributed by atoms with Gasteiger partial charge >= 0.3 is 25.3 Å². The lowest BCUT2D eigenvalue weighted by molar-refractivity contribution is -0.144. The van der Waals surface area contributed by atoms with Crippen molar-refractivity contribution in [3.8, 4) is 0 Å². The third-order valence-corrected chi connectivity index (χ3v) is 7.43. The maximum absolute atomic E-state index is 12.1. The van der Waals surface area contributed by atoms with E-state index in [4.69, 9.17) is 18.8 Å². The van der Waals surface area contributed by atoms with Crippen molar-refractivity contribution in [3.05, 3.63) is 0 Å². The predicted molar refractivity (Wildman–Crippen MR) is 167 cm³/mol. The number of piperidine rings is 1. The van der Waals surface area contributed by atoms with Gasteiger partial charge in [-0.2, -0.15) is 0 Å². The number of ether oxygens (including phenoxy) is 2. The molecule has 0 aromatic rings. The minimum atomic E-state index is -1.15. The SMILES string of the molecule is CC.CCCCB1OC(C)(C)C(C)(C)O1.CCCCOC(=O)NCC(=O)NC1CCN(C(=O)OCCCC)C(C(=O)O)C1. The van der Waals surface area contributed by atoms with Crippen LogP contribution in [0.5, 0.6) is 0 Å². The molecule has 2 aliphatic rings. The predicted octanol–water partition coefficient (Wildman–Crippen LogP) is 5.39. The normalized spacial score (nSPS) is 20.0.